The molecule has 0 amide bonds. The Balaban J connectivity index is 1.77. The van der Waals surface area contributed by atoms with Gasteiger partial charge in [-0.2, -0.15) is 0 Å². The highest BCUT2D eigenvalue weighted by Gasteiger charge is 2.38. The summed E-state index contributed by atoms with van der Waals surface area (Å²) in [7, 11) is 0. The molecule has 0 saturated heterocycles. The lowest BCUT2D eigenvalue weighted by Gasteiger charge is -2.33. The SMILES string of the molecule is C[C@](O)(C(=O)O[C@@H]1CCCC[C@H]1c1ccccc1)c1ccccc1. The molecule has 3 atom stereocenters. The van der Waals surface area contributed by atoms with Crippen molar-refractivity contribution in [2.75, 3.05) is 0 Å². The molecule has 1 aliphatic rings. The number of hydrogen-bond donors (Lipinski definition) is 1. The zero-order chi connectivity index (χ0) is 17.0. The molecule has 0 unspecified atom stereocenters. The molecule has 2 aromatic carbocycles. The van der Waals surface area contributed by atoms with Crippen molar-refractivity contribution in [2.24, 2.45) is 0 Å². The van der Waals surface area contributed by atoms with Crippen LogP contribution in [0, 0.1) is 0 Å². The Bertz CT molecular complexity index is 664. The second kappa shape index (κ2) is 7.18. The first-order valence-electron chi connectivity index (χ1n) is 8.63. The van der Waals surface area contributed by atoms with Crippen LogP contribution in [0.3, 0.4) is 0 Å². The van der Waals surface area contributed by atoms with Gasteiger partial charge in [0.15, 0.2) is 5.60 Å². The molecular weight excluding hydrogens is 300 g/mol. The van der Waals surface area contributed by atoms with Crippen LogP contribution >= 0.6 is 0 Å². The van der Waals surface area contributed by atoms with Gasteiger partial charge in [-0.25, -0.2) is 4.79 Å². The predicted molar refractivity (Wildman–Crippen MR) is 93.5 cm³/mol. The first-order valence-corrected chi connectivity index (χ1v) is 8.63. The smallest absolute Gasteiger partial charge is 0.342 e. The first-order chi connectivity index (χ1) is 11.6. The lowest BCUT2D eigenvalue weighted by molar-refractivity contribution is -0.173. The van der Waals surface area contributed by atoms with E-state index in [0.29, 0.717) is 5.56 Å². The van der Waals surface area contributed by atoms with Gasteiger partial charge in [0, 0.05) is 5.92 Å². The number of benzene rings is 2. The molecule has 3 heteroatoms. The van der Waals surface area contributed by atoms with E-state index in [4.69, 9.17) is 4.74 Å². The van der Waals surface area contributed by atoms with E-state index in [2.05, 4.69) is 12.1 Å². The van der Waals surface area contributed by atoms with Gasteiger partial charge >= 0.3 is 5.97 Å². The summed E-state index contributed by atoms with van der Waals surface area (Å²) < 4.78 is 5.79. The van der Waals surface area contributed by atoms with Crippen LogP contribution < -0.4 is 0 Å². The highest BCUT2D eigenvalue weighted by molar-refractivity contribution is 5.80. The highest BCUT2D eigenvalue weighted by atomic mass is 16.6. The number of aliphatic hydroxyl groups is 1. The Hall–Kier alpha value is -2.13. The Kier molecular flexibility index (Phi) is 5.00. The molecule has 0 heterocycles. The number of ether oxygens (including phenoxy) is 1. The number of rotatable bonds is 4. The van der Waals surface area contributed by atoms with Gasteiger partial charge in [-0.15, -0.1) is 0 Å². The topological polar surface area (TPSA) is 46.5 Å². The summed E-state index contributed by atoms with van der Waals surface area (Å²) in [6.45, 7) is 1.50. The highest BCUT2D eigenvalue weighted by Crippen LogP contribution is 2.36. The fraction of sp³-hybridized carbons (Fsp3) is 0.381. The lowest BCUT2D eigenvalue weighted by atomic mass is 9.81. The molecule has 2 aromatic rings. The molecule has 0 radical (unpaired) electrons. The largest absolute Gasteiger partial charge is 0.459 e. The number of carbonyl (C=O) groups is 1. The van der Waals surface area contributed by atoms with Crippen LogP contribution in [-0.4, -0.2) is 17.2 Å². The van der Waals surface area contributed by atoms with Gasteiger partial charge in [0.1, 0.15) is 6.10 Å². The molecule has 1 saturated carbocycles. The monoisotopic (exact) mass is 324 g/mol. The van der Waals surface area contributed by atoms with E-state index >= 15 is 0 Å². The third-order valence-corrected chi connectivity index (χ3v) is 4.92. The Morgan fingerprint density at radius 3 is 2.25 bits per heavy atom. The second-order valence-corrected chi connectivity index (χ2v) is 6.68. The van der Waals surface area contributed by atoms with Crippen LogP contribution in [0.1, 0.15) is 49.7 Å². The predicted octanol–water partition coefficient (Wildman–Crippen LogP) is 4.16. The molecule has 3 rings (SSSR count). The van der Waals surface area contributed by atoms with E-state index in [1.165, 1.54) is 12.5 Å². The van der Waals surface area contributed by atoms with Gasteiger partial charge in [0.2, 0.25) is 0 Å². The second-order valence-electron chi connectivity index (χ2n) is 6.68. The van der Waals surface area contributed by atoms with Crippen molar-refractivity contribution in [1.29, 1.82) is 0 Å². The van der Waals surface area contributed by atoms with Gasteiger partial charge < -0.3 is 9.84 Å². The zero-order valence-electron chi connectivity index (χ0n) is 14.0. The summed E-state index contributed by atoms with van der Waals surface area (Å²) >= 11 is 0. The van der Waals surface area contributed by atoms with E-state index in [-0.39, 0.29) is 12.0 Å². The van der Waals surface area contributed by atoms with E-state index in [9.17, 15) is 9.90 Å². The van der Waals surface area contributed by atoms with E-state index < -0.39 is 11.6 Å². The van der Waals surface area contributed by atoms with E-state index in [1.807, 2.05) is 36.4 Å². The van der Waals surface area contributed by atoms with E-state index in [0.717, 1.165) is 25.7 Å². The molecule has 0 bridgehead atoms. The normalized spacial score (nSPS) is 23.2. The molecule has 1 fully saturated rings. The maximum atomic E-state index is 12.6. The van der Waals surface area contributed by atoms with E-state index in [1.54, 1.807) is 12.1 Å². The fourth-order valence-corrected chi connectivity index (χ4v) is 3.45. The minimum atomic E-state index is -1.63. The molecule has 24 heavy (non-hydrogen) atoms. The van der Waals surface area contributed by atoms with Crippen LogP contribution in [0.5, 0.6) is 0 Å². The van der Waals surface area contributed by atoms with Crippen LogP contribution in [0.25, 0.3) is 0 Å². The van der Waals surface area contributed by atoms with Crippen LogP contribution in [0.15, 0.2) is 60.7 Å². The van der Waals surface area contributed by atoms with Gasteiger partial charge in [-0.3, -0.25) is 0 Å². The minimum absolute atomic E-state index is 0.177. The fourth-order valence-electron chi connectivity index (χ4n) is 3.45. The Labute approximate surface area is 143 Å². The van der Waals surface area contributed by atoms with Gasteiger partial charge in [-0.05, 0) is 37.3 Å². The van der Waals surface area contributed by atoms with Gasteiger partial charge in [-0.1, -0.05) is 67.1 Å². The molecule has 0 spiro atoms. The van der Waals surface area contributed by atoms with Crippen molar-refractivity contribution in [3.8, 4) is 0 Å². The van der Waals surface area contributed by atoms with Crippen molar-refractivity contribution in [3.63, 3.8) is 0 Å². The maximum absolute atomic E-state index is 12.6. The Morgan fingerprint density at radius 1 is 1.00 bits per heavy atom. The quantitative estimate of drug-likeness (QED) is 0.859. The van der Waals surface area contributed by atoms with Crippen molar-refractivity contribution in [3.05, 3.63) is 71.8 Å². The molecule has 0 aliphatic heterocycles. The molecular formula is C21H24O3. The third-order valence-electron chi connectivity index (χ3n) is 4.92. The number of hydrogen-bond acceptors (Lipinski definition) is 3. The maximum Gasteiger partial charge on any atom is 0.342 e. The minimum Gasteiger partial charge on any atom is -0.459 e. The van der Waals surface area contributed by atoms with Crippen molar-refractivity contribution < 1.29 is 14.6 Å². The molecule has 0 aromatic heterocycles. The summed E-state index contributed by atoms with van der Waals surface area (Å²) in [6, 6.07) is 19.2. The third kappa shape index (κ3) is 3.51. The Morgan fingerprint density at radius 2 is 1.58 bits per heavy atom. The van der Waals surface area contributed by atoms with Crippen molar-refractivity contribution in [2.45, 2.75) is 50.2 Å². The summed E-state index contributed by atoms with van der Waals surface area (Å²) in [5.74, 6) is -0.364. The van der Waals surface area contributed by atoms with Crippen molar-refractivity contribution >= 4 is 5.97 Å². The molecule has 1 aliphatic carbocycles. The number of esters is 1. The van der Waals surface area contributed by atoms with Crippen LogP contribution in [0.2, 0.25) is 0 Å². The standard InChI is InChI=1S/C21H24O3/c1-21(23,17-12-6-3-7-13-17)20(22)24-19-15-9-8-14-18(19)16-10-4-2-5-11-16/h2-7,10-13,18-19,23H,8-9,14-15H2,1H3/t18-,19+,21+/m0/s1. The molecule has 126 valence electrons. The summed E-state index contributed by atoms with van der Waals surface area (Å²) in [6.07, 6.45) is 3.87. The number of carbonyl (C=O) groups excluding carboxylic acids is 1. The zero-order valence-corrected chi connectivity index (χ0v) is 14.0. The van der Waals surface area contributed by atoms with Crippen LogP contribution in [-0.2, 0) is 15.1 Å². The summed E-state index contributed by atoms with van der Waals surface area (Å²) in [4.78, 5) is 12.6. The summed E-state index contributed by atoms with van der Waals surface area (Å²) in [5.41, 5.74) is 0.136. The van der Waals surface area contributed by atoms with Gasteiger partial charge in [0.25, 0.3) is 0 Å². The average Bonchev–Trinajstić information content (AvgIpc) is 2.63. The lowest BCUT2D eigenvalue weighted by Crippen LogP contribution is -2.39. The molecule has 3 nitrogen and oxygen atoms in total. The molecule has 1 N–H and O–H groups in total. The first kappa shape index (κ1) is 16.7. The van der Waals surface area contributed by atoms with Crippen LogP contribution in [0.4, 0.5) is 0 Å². The average molecular weight is 324 g/mol. The van der Waals surface area contributed by atoms with Gasteiger partial charge in [0.05, 0.1) is 0 Å². The van der Waals surface area contributed by atoms with Crippen molar-refractivity contribution in [1.82, 2.24) is 0 Å². The summed E-state index contributed by atoms with van der Waals surface area (Å²) in [5, 5.41) is 10.7.